The number of carbonyl (C=O) groups is 1. The van der Waals surface area contributed by atoms with Crippen LogP contribution in [0.1, 0.15) is 17.0 Å². The highest BCUT2D eigenvalue weighted by atomic mass is 32.2. The Kier molecular flexibility index (Phi) is 4.72. The van der Waals surface area contributed by atoms with Crippen LogP contribution in [0, 0.1) is 13.8 Å². The van der Waals surface area contributed by atoms with E-state index >= 15 is 0 Å². The van der Waals surface area contributed by atoms with Gasteiger partial charge >= 0.3 is 0 Å². The van der Waals surface area contributed by atoms with E-state index in [4.69, 9.17) is 4.74 Å². The van der Waals surface area contributed by atoms with E-state index in [-0.39, 0.29) is 5.91 Å². The largest absolute Gasteiger partial charge is 0.497 e. The number of amidine groups is 1. The number of methoxy groups -OCH3 is 1. The average Bonchev–Trinajstić information content (AvgIpc) is 3.01. The van der Waals surface area contributed by atoms with Crippen LogP contribution in [0.15, 0.2) is 40.2 Å². The normalized spacial score (nSPS) is 17.8. The van der Waals surface area contributed by atoms with Crippen molar-refractivity contribution in [1.82, 2.24) is 9.47 Å². The molecule has 1 saturated heterocycles. The molecule has 0 radical (unpaired) electrons. The summed E-state index contributed by atoms with van der Waals surface area (Å²) in [6.45, 7) is 4.11. The van der Waals surface area contributed by atoms with Gasteiger partial charge in [-0.3, -0.25) is 9.69 Å². The molecule has 130 valence electrons. The van der Waals surface area contributed by atoms with Crippen LogP contribution in [0.25, 0.3) is 6.08 Å². The monoisotopic (exact) mass is 355 g/mol. The van der Waals surface area contributed by atoms with Crippen LogP contribution in [0.5, 0.6) is 5.75 Å². The second kappa shape index (κ2) is 6.80. The molecule has 6 heteroatoms. The summed E-state index contributed by atoms with van der Waals surface area (Å²) in [7, 11) is 5.41. The van der Waals surface area contributed by atoms with E-state index in [0.29, 0.717) is 10.1 Å². The van der Waals surface area contributed by atoms with E-state index in [0.717, 1.165) is 22.7 Å². The number of likely N-dealkylation sites (N-methyl/N-ethyl adjacent to an activating group) is 1. The minimum absolute atomic E-state index is 0.0295. The highest BCUT2D eigenvalue weighted by molar-refractivity contribution is 8.18. The Morgan fingerprint density at radius 1 is 1.16 bits per heavy atom. The molecule has 3 rings (SSSR count). The molecule has 1 amide bonds. The van der Waals surface area contributed by atoms with Crippen molar-refractivity contribution >= 4 is 34.6 Å². The van der Waals surface area contributed by atoms with E-state index in [1.165, 1.54) is 17.5 Å². The van der Waals surface area contributed by atoms with E-state index < -0.39 is 0 Å². The third-order valence-electron chi connectivity index (χ3n) is 4.40. The summed E-state index contributed by atoms with van der Waals surface area (Å²) in [5.41, 5.74) is 4.16. The number of ether oxygens (including phenoxy) is 1. The fourth-order valence-electron chi connectivity index (χ4n) is 2.59. The zero-order chi connectivity index (χ0) is 18.1. The highest BCUT2D eigenvalue weighted by Gasteiger charge is 2.30. The average molecular weight is 355 g/mol. The Hall–Kier alpha value is -2.47. The Bertz CT molecular complexity index is 879. The highest BCUT2D eigenvalue weighted by Crippen LogP contribution is 2.34. The quantitative estimate of drug-likeness (QED) is 0.785. The Balaban J connectivity index is 1.89. The lowest BCUT2D eigenvalue weighted by Gasteiger charge is -2.07. The first-order chi connectivity index (χ1) is 11.9. The Morgan fingerprint density at radius 2 is 1.84 bits per heavy atom. The third-order valence-corrected chi connectivity index (χ3v) is 5.46. The van der Waals surface area contributed by atoms with Gasteiger partial charge in [0.25, 0.3) is 5.91 Å². The van der Waals surface area contributed by atoms with E-state index in [1.807, 2.05) is 37.4 Å². The maximum absolute atomic E-state index is 12.5. The summed E-state index contributed by atoms with van der Waals surface area (Å²) in [6.07, 6.45) is 1.95. The van der Waals surface area contributed by atoms with Crippen LogP contribution in [0.3, 0.4) is 0 Å². The number of thioether (sulfide) groups is 1. The van der Waals surface area contributed by atoms with Crippen molar-refractivity contribution in [2.75, 3.05) is 14.2 Å². The van der Waals surface area contributed by atoms with Crippen molar-refractivity contribution in [1.29, 1.82) is 0 Å². The summed E-state index contributed by atoms with van der Waals surface area (Å²) < 4.78 is 7.27. The van der Waals surface area contributed by atoms with Crippen molar-refractivity contribution in [2.24, 2.45) is 12.0 Å². The first-order valence-electron chi connectivity index (χ1n) is 7.94. The number of aliphatic imine (C=N–C) groups is 1. The zero-order valence-electron chi connectivity index (χ0n) is 15.0. The predicted octanol–water partition coefficient (Wildman–Crippen LogP) is 3.88. The van der Waals surface area contributed by atoms with Crippen molar-refractivity contribution in [3.63, 3.8) is 0 Å². The molecule has 25 heavy (non-hydrogen) atoms. The minimum Gasteiger partial charge on any atom is -0.497 e. The van der Waals surface area contributed by atoms with Gasteiger partial charge in [-0.25, -0.2) is 4.99 Å². The molecule has 1 aromatic carbocycles. The molecule has 0 unspecified atom stereocenters. The summed E-state index contributed by atoms with van der Waals surface area (Å²) in [4.78, 5) is 19.4. The lowest BCUT2D eigenvalue weighted by Crippen LogP contribution is -2.23. The van der Waals surface area contributed by atoms with Gasteiger partial charge in [-0.2, -0.15) is 0 Å². The maximum atomic E-state index is 12.5. The zero-order valence-corrected chi connectivity index (χ0v) is 15.8. The number of amides is 1. The van der Waals surface area contributed by atoms with E-state index in [9.17, 15) is 4.79 Å². The molecule has 0 spiro atoms. The van der Waals surface area contributed by atoms with Crippen molar-refractivity contribution < 1.29 is 9.53 Å². The van der Waals surface area contributed by atoms with Crippen molar-refractivity contribution in [2.45, 2.75) is 13.8 Å². The van der Waals surface area contributed by atoms with Crippen LogP contribution in [0.4, 0.5) is 5.69 Å². The predicted molar refractivity (Wildman–Crippen MR) is 103 cm³/mol. The van der Waals surface area contributed by atoms with Gasteiger partial charge in [-0.1, -0.05) is 0 Å². The van der Waals surface area contributed by atoms with Gasteiger partial charge < -0.3 is 9.30 Å². The molecule has 2 heterocycles. The molecule has 5 nitrogen and oxygen atoms in total. The van der Waals surface area contributed by atoms with E-state index in [1.54, 1.807) is 19.1 Å². The van der Waals surface area contributed by atoms with Gasteiger partial charge in [0, 0.05) is 25.5 Å². The summed E-state index contributed by atoms with van der Waals surface area (Å²) >= 11 is 1.40. The Labute approximate surface area is 152 Å². The minimum atomic E-state index is -0.0295. The number of nitrogens with zero attached hydrogens (tertiary/aromatic N) is 3. The smallest absolute Gasteiger partial charge is 0.266 e. The van der Waals surface area contributed by atoms with Crippen molar-refractivity contribution in [3.05, 3.63) is 52.2 Å². The molecule has 0 aliphatic carbocycles. The second-order valence-corrected chi connectivity index (χ2v) is 6.96. The van der Waals surface area contributed by atoms with Gasteiger partial charge in [0.1, 0.15) is 5.75 Å². The molecule has 0 N–H and O–H groups in total. The second-order valence-electron chi connectivity index (χ2n) is 5.95. The van der Waals surface area contributed by atoms with Crippen LogP contribution in [-0.4, -0.2) is 34.7 Å². The topological polar surface area (TPSA) is 46.8 Å². The molecular weight excluding hydrogens is 334 g/mol. The van der Waals surface area contributed by atoms with Gasteiger partial charge in [0.15, 0.2) is 5.17 Å². The summed E-state index contributed by atoms with van der Waals surface area (Å²) in [5, 5.41) is 0.673. The number of benzene rings is 1. The molecule has 1 aliphatic heterocycles. The first kappa shape index (κ1) is 17.4. The number of aromatic nitrogens is 1. The van der Waals surface area contributed by atoms with E-state index in [2.05, 4.69) is 29.5 Å². The SMILES string of the molecule is COc1ccc(N=C2SC(=Cc3cc(C)n(C)c3C)C(=O)N2C)cc1. The standard InChI is InChI=1S/C19H21N3O2S/c1-12-10-14(13(2)21(12)3)11-17-18(23)22(4)19(25-17)20-15-6-8-16(24-5)9-7-15/h6-11H,1-5H3. The third kappa shape index (κ3) is 3.35. The molecule has 0 atom stereocenters. The van der Waals surface area contributed by atoms with Crippen LogP contribution < -0.4 is 4.74 Å². The molecule has 0 saturated carbocycles. The van der Waals surface area contributed by atoms with Gasteiger partial charge in [0.05, 0.1) is 17.7 Å². The fourth-order valence-corrected chi connectivity index (χ4v) is 3.57. The molecule has 1 aromatic heterocycles. The summed E-state index contributed by atoms with van der Waals surface area (Å²) in [6, 6.07) is 9.55. The van der Waals surface area contributed by atoms with Crippen LogP contribution in [0.2, 0.25) is 0 Å². The molecule has 1 aliphatic rings. The lowest BCUT2D eigenvalue weighted by molar-refractivity contribution is -0.121. The van der Waals surface area contributed by atoms with Crippen LogP contribution in [-0.2, 0) is 11.8 Å². The van der Waals surface area contributed by atoms with Crippen LogP contribution >= 0.6 is 11.8 Å². The number of carbonyl (C=O) groups excluding carboxylic acids is 1. The molecule has 2 aromatic rings. The maximum Gasteiger partial charge on any atom is 0.266 e. The Morgan fingerprint density at radius 3 is 2.40 bits per heavy atom. The van der Waals surface area contributed by atoms with Gasteiger partial charge in [0.2, 0.25) is 0 Å². The fraction of sp³-hybridized carbons (Fsp3) is 0.263. The molecular formula is C19H21N3O2S. The lowest BCUT2D eigenvalue weighted by atomic mass is 10.2. The summed E-state index contributed by atoms with van der Waals surface area (Å²) in [5.74, 6) is 0.751. The molecule has 1 fully saturated rings. The number of hydrogen-bond acceptors (Lipinski definition) is 4. The molecule has 0 bridgehead atoms. The first-order valence-corrected chi connectivity index (χ1v) is 8.75. The number of hydrogen-bond donors (Lipinski definition) is 0. The van der Waals surface area contributed by atoms with Crippen molar-refractivity contribution in [3.8, 4) is 5.75 Å². The van der Waals surface area contributed by atoms with Gasteiger partial charge in [-0.15, -0.1) is 0 Å². The number of aryl methyl sites for hydroxylation is 1. The van der Waals surface area contributed by atoms with Gasteiger partial charge in [-0.05, 0) is 67.6 Å². The number of rotatable bonds is 3.